The van der Waals surface area contributed by atoms with Crippen molar-refractivity contribution in [3.05, 3.63) is 29.3 Å². The van der Waals surface area contributed by atoms with Crippen LogP contribution in [0.3, 0.4) is 0 Å². The Kier molecular flexibility index (Phi) is 2.63. The van der Waals surface area contributed by atoms with Crippen molar-refractivity contribution in [2.45, 2.75) is 50.5 Å². The summed E-state index contributed by atoms with van der Waals surface area (Å²) in [5, 5.41) is 0. The average Bonchev–Trinajstić information content (AvgIpc) is 3.16. The first-order chi connectivity index (χ1) is 9.26. The van der Waals surface area contributed by atoms with Gasteiger partial charge in [-0.3, -0.25) is 0 Å². The van der Waals surface area contributed by atoms with Crippen molar-refractivity contribution in [2.24, 2.45) is 17.6 Å². The van der Waals surface area contributed by atoms with E-state index in [2.05, 4.69) is 18.2 Å². The largest absolute Gasteiger partial charge is 0.493 e. The molecule has 1 aromatic rings. The number of benzene rings is 1. The van der Waals surface area contributed by atoms with Crippen molar-refractivity contribution in [1.29, 1.82) is 0 Å². The molecule has 2 unspecified atom stereocenters. The van der Waals surface area contributed by atoms with E-state index in [0.717, 1.165) is 43.5 Å². The lowest BCUT2D eigenvalue weighted by Gasteiger charge is -2.39. The van der Waals surface area contributed by atoms with E-state index in [0.29, 0.717) is 0 Å². The van der Waals surface area contributed by atoms with Gasteiger partial charge in [-0.25, -0.2) is 0 Å². The van der Waals surface area contributed by atoms with Gasteiger partial charge in [0.25, 0.3) is 0 Å². The number of fused-ring (bicyclic) bond motifs is 1. The van der Waals surface area contributed by atoms with Gasteiger partial charge in [-0.15, -0.1) is 0 Å². The van der Waals surface area contributed by atoms with E-state index in [1.54, 1.807) is 0 Å². The molecule has 0 spiro atoms. The molecule has 2 aliphatic carbocycles. The molecular weight excluding hydrogens is 234 g/mol. The normalized spacial score (nSPS) is 33.8. The fraction of sp³-hybridized carbons (Fsp3) is 0.647. The molecule has 2 atom stereocenters. The summed E-state index contributed by atoms with van der Waals surface area (Å²) >= 11 is 0. The van der Waals surface area contributed by atoms with Crippen LogP contribution < -0.4 is 10.5 Å². The van der Waals surface area contributed by atoms with Gasteiger partial charge in [0, 0.05) is 17.5 Å². The SMILES string of the molecule is NC1(c2cccc3c2OCC3)CCCC(C2CC2)C1. The fourth-order valence-corrected chi connectivity index (χ4v) is 4.17. The first kappa shape index (κ1) is 11.8. The van der Waals surface area contributed by atoms with E-state index in [-0.39, 0.29) is 5.54 Å². The molecule has 2 heteroatoms. The lowest BCUT2D eigenvalue weighted by molar-refractivity contribution is 0.201. The highest BCUT2D eigenvalue weighted by molar-refractivity contribution is 5.47. The van der Waals surface area contributed by atoms with Gasteiger partial charge in [0.2, 0.25) is 0 Å². The summed E-state index contributed by atoms with van der Waals surface area (Å²) in [5.74, 6) is 2.94. The zero-order valence-electron chi connectivity index (χ0n) is 11.5. The molecule has 0 radical (unpaired) electrons. The number of hydrogen-bond acceptors (Lipinski definition) is 2. The van der Waals surface area contributed by atoms with Gasteiger partial charge >= 0.3 is 0 Å². The minimum Gasteiger partial charge on any atom is -0.493 e. The van der Waals surface area contributed by atoms with Crippen LogP contribution in [-0.2, 0) is 12.0 Å². The summed E-state index contributed by atoms with van der Waals surface area (Å²) < 4.78 is 5.88. The van der Waals surface area contributed by atoms with Crippen LogP contribution in [0.1, 0.15) is 49.7 Å². The van der Waals surface area contributed by atoms with Gasteiger partial charge in [-0.05, 0) is 43.1 Å². The van der Waals surface area contributed by atoms with Gasteiger partial charge < -0.3 is 10.5 Å². The lowest BCUT2D eigenvalue weighted by atomic mass is 9.70. The quantitative estimate of drug-likeness (QED) is 0.881. The van der Waals surface area contributed by atoms with Crippen LogP contribution in [0.25, 0.3) is 0 Å². The number of nitrogens with two attached hydrogens (primary N) is 1. The van der Waals surface area contributed by atoms with E-state index in [9.17, 15) is 0 Å². The molecule has 102 valence electrons. The number of ether oxygens (including phenoxy) is 1. The maximum Gasteiger partial charge on any atom is 0.127 e. The average molecular weight is 257 g/mol. The fourth-order valence-electron chi connectivity index (χ4n) is 4.17. The summed E-state index contributed by atoms with van der Waals surface area (Å²) in [6.45, 7) is 0.828. The Balaban J connectivity index is 1.68. The van der Waals surface area contributed by atoms with Crippen LogP contribution in [-0.4, -0.2) is 6.61 Å². The highest BCUT2D eigenvalue weighted by Crippen LogP contribution is 2.50. The summed E-state index contributed by atoms with van der Waals surface area (Å²) in [7, 11) is 0. The molecular formula is C17H23NO. The number of rotatable bonds is 2. The zero-order chi connectivity index (χ0) is 12.9. The van der Waals surface area contributed by atoms with Crippen LogP contribution in [0.4, 0.5) is 0 Å². The topological polar surface area (TPSA) is 35.2 Å². The van der Waals surface area contributed by atoms with Crippen molar-refractivity contribution in [3.8, 4) is 5.75 Å². The Morgan fingerprint density at radius 2 is 2.05 bits per heavy atom. The Labute approximate surface area is 115 Å². The first-order valence-corrected chi connectivity index (χ1v) is 7.80. The molecule has 0 aromatic heterocycles. The number of hydrogen-bond donors (Lipinski definition) is 1. The van der Waals surface area contributed by atoms with Gasteiger partial charge in [0.1, 0.15) is 5.75 Å². The second kappa shape index (κ2) is 4.24. The second-order valence-corrected chi connectivity index (χ2v) is 6.74. The minimum atomic E-state index is -0.138. The zero-order valence-corrected chi connectivity index (χ0v) is 11.5. The molecule has 2 N–H and O–H groups in total. The van der Waals surface area contributed by atoms with Crippen molar-refractivity contribution < 1.29 is 4.74 Å². The highest BCUT2D eigenvalue weighted by atomic mass is 16.5. The second-order valence-electron chi connectivity index (χ2n) is 6.74. The van der Waals surface area contributed by atoms with E-state index >= 15 is 0 Å². The molecule has 0 saturated heterocycles. The summed E-state index contributed by atoms with van der Waals surface area (Å²) in [5.41, 5.74) is 9.33. The monoisotopic (exact) mass is 257 g/mol. The third-order valence-electron chi connectivity index (χ3n) is 5.36. The third kappa shape index (κ3) is 1.97. The van der Waals surface area contributed by atoms with Gasteiger partial charge in [-0.1, -0.05) is 31.0 Å². The standard InChI is InChI=1S/C17H23NO/c18-17(9-2-4-14(11-17)12-6-7-12)15-5-1-3-13-8-10-19-16(13)15/h1,3,5,12,14H,2,4,6-11,18H2. The van der Waals surface area contributed by atoms with Gasteiger partial charge in [0.15, 0.2) is 0 Å². The highest BCUT2D eigenvalue weighted by Gasteiger charge is 2.42. The summed E-state index contributed by atoms with van der Waals surface area (Å²) in [6, 6.07) is 6.56. The molecule has 2 fully saturated rings. The van der Waals surface area contributed by atoms with Gasteiger partial charge in [0.05, 0.1) is 6.61 Å². The molecule has 0 amide bonds. The maximum absolute atomic E-state index is 6.83. The Morgan fingerprint density at radius 3 is 2.89 bits per heavy atom. The molecule has 1 aliphatic heterocycles. The van der Waals surface area contributed by atoms with Crippen molar-refractivity contribution in [3.63, 3.8) is 0 Å². The Morgan fingerprint density at radius 1 is 1.16 bits per heavy atom. The van der Waals surface area contributed by atoms with Crippen LogP contribution in [0, 0.1) is 11.8 Å². The van der Waals surface area contributed by atoms with Crippen LogP contribution >= 0.6 is 0 Å². The predicted octanol–water partition coefficient (Wildman–Crippen LogP) is 3.38. The van der Waals surface area contributed by atoms with E-state index in [4.69, 9.17) is 10.5 Å². The summed E-state index contributed by atoms with van der Waals surface area (Å²) in [6.07, 6.45) is 8.87. The molecule has 1 heterocycles. The molecule has 1 aromatic carbocycles. The van der Waals surface area contributed by atoms with Crippen molar-refractivity contribution in [1.82, 2.24) is 0 Å². The predicted molar refractivity (Wildman–Crippen MR) is 76.2 cm³/mol. The molecule has 2 nitrogen and oxygen atoms in total. The summed E-state index contributed by atoms with van der Waals surface area (Å²) in [4.78, 5) is 0. The minimum absolute atomic E-state index is 0.138. The van der Waals surface area contributed by atoms with Crippen molar-refractivity contribution >= 4 is 0 Å². The third-order valence-corrected chi connectivity index (χ3v) is 5.36. The molecule has 3 aliphatic rings. The molecule has 19 heavy (non-hydrogen) atoms. The first-order valence-electron chi connectivity index (χ1n) is 7.80. The van der Waals surface area contributed by atoms with Crippen LogP contribution in [0.2, 0.25) is 0 Å². The molecule has 4 rings (SSSR count). The maximum atomic E-state index is 6.83. The Hall–Kier alpha value is -1.02. The lowest BCUT2D eigenvalue weighted by Crippen LogP contribution is -2.42. The van der Waals surface area contributed by atoms with Crippen LogP contribution in [0.5, 0.6) is 5.75 Å². The number of para-hydroxylation sites is 1. The molecule has 2 saturated carbocycles. The van der Waals surface area contributed by atoms with Crippen molar-refractivity contribution in [2.75, 3.05) is 6.61 Å². The Bertz CT molecular complexity index is 494. The van der Waals surface area contributed by atoms with Crippen LogP contribution in [0.15, 0.2) is 18.2 Å². The van der Waals surface area contributed by atoms with Gasteiger partial charge in [-0.2, -0.15) is 0 Å². The van der Waals surface area contributed by atoms with E-state index in [1.165, 1.54) is 36.8 Å². The molecule has 0 bridgehead atoms. The van der Waals surface area contributed by atoms with E-state index < -0.39 is 0 Å². The smallest absolute Gasteiger partial charge is 0.127 e. The van der Waals surface area contributed by atoms with E-state index in [1.807, 2.05) is 0 Å².